The maximum Gasteiger partial charge on any atom is 0.256 e. The topological polar surface area (TPSA) is 76.7 Å². The first-order valence-corrected chi connectivity index (χ1v) is 14.0. The van der Waals surface area contributed by atoms with Crippen molar-refractivity contribution in [1.82, 2.24) is 5.32 Å². The quantitative estimate of drug-likeness (QED) is 0.270. The molecule has 0 aliphatic heterocycles. The Morgan fingerprint density at radius 2 is 1.74 bits per heavy atom. The molecule has 0 bridgehead atoms. The number of rotatable bonds is 13. The lowest BCUT2D eigenvalue weighted by Gasteiger charge is -2.14. The summed E-state index contributed by atoms with van der Waals surface area (Å²) < 4.78 is 11.1. The number of hydrogen-bond acceptors (Lipinski definition) is 5. The number of unbranched alkanes of at least 4 members (excludes halogenated alkanes) is 2. The fourth-order valence-corrected chi connectivity index (χ4v) is 5.91. The number of halogens is 2. The van der Waals surface area contributed by atoms with E-state index in [1.54, 1.807) is 12.1 Å². The summed E-state index contributed by atoms with van der Waals surface area (Å²) in [5, 5.41) is 7.07. The number of ether oxygens (including phenoxy) is 2. The summed E-state index contributed by atoms with van der Waals surface area (Å²) in [5.74, 6) is -0.141. The number of fused-ring (bicyclic) bond motifs is 1. The molecule has 192 valence electrons. The van der Waals surface area contributed by atoms with Crippen LogP contribution in [0.5, 0.6) is 5.75 Å². The van der Waals surface area contributed by atoms with Crippen molar-refractivity contribution in [2.45, 2.75) is 65.2 Å². The van der Waals surface area contributed by atoms with E-state index in [9.17, 15) is 9.59 Å². The molecular weight excluding hydrogens is 507 g/mol. The first-order valence-electron chi connectivity index (χ1n) is 12.4. The van der Waals surface area contributed by atoms with Crippen molar-refractivity contribution in [2.24, 2.45) is 0 Å². The van der Waals surface area contributed by atoms with Gasteiger partial charge in [0.25, 0.3) is 11.8 Å². The summed E-state index contributed by atoms with van der Waals surface area (Å²) in [4.78, 5) is 27.4. The van der Waals surface area contributed by atoms with E-state index in [-0.39, 0.29) is 21.9 Å². The van der Waals surface area contributed by atoms with Gasteiger partial charge >= 0.3 is 0 Å². The molecule has 2 N–H and O–H groups in total. The molecule has 35 heavy (non-hydrogen) atoms. The third-order valence-corrected chi connectivity index (χ3v) is 7.60. The molecule has 0 saturated heterocycles. The minimum atomic E-state index is -0.365. The van der Waals surface area contributed by atoms with Gasteiger partial charge in [-0.2, -0.15) is 0 Å². The van der Waals surface area contributed by atoms with E-state index in [1.165, 1.54) is 11.3 Å². The van der Waals surface area contributed by atoms with Crippen LogP contribution in [-0.4, -0.2) is 38.2 Å². The predicted molar refractivity (Wildman–Crippen MR) is 144 cm³/mol. The summed E-state index contributed by atoms with van der Waals surface area (Å²) in [6.07, 6.45) is 7.66. The molecule has 1 aliphatic rings. The average molecular weight is 542 g/mol. The first-order chi connectivity index (χ1) is 17.0. The molecule has 0 saturated carbocycles. The van der Waals surface area contributed by atoms with Crippen molar-refractivity contribution < 1.29 is 19.1 Å². The van der Waals surface area contributed by atoms with Gasteiger partial charge in [0.2, 0.25) is 0 Å². The van der Waals surface area contributed by atoms with Gasteiger partial charge in [-0.15, -0.1) is 11.3 Å². The molecule has 0 fully saturated rings. The van der Waals surface area contributed by atoms with Gasteiger partial charge in [-0.25, -0.2) is 0 Å². The number of anilines is 1. The third kappa shape index (κ3) is 7.59. The maximum absolute atomic E-state index is 13.1. The van der Waals surface area contributed by atoms with E-state index in [4.69, 9.17) is 32.7 Å². The van der Waals surface area contributed by atoms with Gasteiger partial charge in [0.1, 0.15) is 5.00 Å². The van der Waals surface area contributed by atoms with Crippen LogP contribution in [0.4, 0.5) is 5.00 Å². The number of nitrogens with one attached hydrogen (secondary N) is 2. The minimum absolute atomic E-state index is 0.164. The molecule has 0 unspecified atom stereocenters. The summed E-state index contributed by atoms with van der Waals surface area (Å²) in [7, 11) is 0. The summed E-state index contributed by atoms with van der Waals surface area (Å²) in [6.45, 7) is 6.35. The van der Waals surface area contributed by atoms with Crippen LogP contribution in [-0.2, 0) is 17.6 Å². The molecule has 3 rings (SSSR count). The highest BCUT2D eigenvalue weighted by Gasteiger charge is 2.27. The molecule has 1 aromatic heterocycles. The molecule has 1 aromatic carbocycles. The molecule has 9 heteroatoms. The van der Waals surface area contributed by atoms with Crippen molar-refractivity contribution in [3.8, 4) is 5.75 Å². The number of hydrogen-bond donors (Lipinski definition) is 2. The van der Waals surface area contributed by atoms with Gasteiger partial charge in [-0.3, -0.25) is 9.59 Å². The van der Waals surface area contributed by atoms with Crippen LogP contribution in [0.25, 0.3) is 0 Å². The maximum atomic E-state index is 13.1. The van der Waals surface area contributed by atoms with E-state index >= 15 is 0 Å². The molecule has 0 spiro atoms. The second-order valence-electron chi connectivity index (χ2n) is 8.50. The van der Waals surface area contributed by atoms with E-state index in [2.05, 4.69) is 17.6 Å². The lowest BCUT2D eigenvalue weighted by molar-refractivity contribution is 0.0944. The number of aryl methyl sites for hydroxylation is 1. The first kappa shape index (κ1) is 27.8. The van der Waals surface area contributed by atoms with Gasteiger partial charge in [-0.1, -0.05) is 43.0 Å². The molecule has 0 atom stereocenters. The second-order valence-corrected chi connectivity index (χ2v) is 10.4. The highest BCUT2D eigenvalue weighted by molar-refractivity contribution is 7.17. The zero-order valence-corrected chi connectivity index (χ0v) is 22.8. The fourth-order valence-electron chi connectivity index (χ4n) is 4.03. The third-order valence-electron chi connectivity index (χ3n) is 5.84. The summed E-state index contributed by atoms with van der Waals surface area (Å²) >= 11 is 14.3. The Labute approximate surface area is 221 Å². The van der Waals surface area contributed by atoms with E-state index < -0.39 is 0 Å². The van der Waals surface area contributed by atoms with E-state index in [0.717, 1.165) is 61.8 Å². The van der Waals surface area contributed by atoms with E-state index in [1.807, 2.05) is 6.92 Å². The number of amides is 2. The monoisotopic (exact) mass is 540 g/mol. The molecule has 2 aromatic rings. The summed E-state index contributed by atoms with van der Waals surface area (Å²) in [5.41, 5.74) is 1.93. The van der Waals surface area contributed by atoms with Crippen LogP contribution in [0.2, 0.25) is 10.0 Å². The molecule has 1 heterocycles. The van der Waals surface area contributed by atoms with Crippen molar-refractivity contribution in [2.75, 3.05) is 31.7 Å². The average Bonchev–Trinajstić information content (AvgIpc) is 3.20. The van der Waals surface area contributed by atoms with Crippen LogP contribution in [0.1, 0.15) is 83.5 Å². The molecular formula is C26H34Cl2N2O4S. The standard InChI is InChI=1S/C26H34Cl2N2O4S/c1-3-5-8-14-34-23-19(27)15-17(16-20(23)28)24(31)30-26-22(18-10-6-7-11-21(18)35-26)25(32)29-12-9-13-33-4-2/h15-16H,3-14H2,1-2H3,(H,29,32)(H,30,31). The lowest BCUT2D eigenvalue weighted by atomic mass is 9.95. The van der Waals surface area contributed by atoms with Crippen LogP contribution < -0.4 is 15.4 Å². The molecule has 6 nitrogen and oxygen atoms in total. The van der Waals surface area contributed by atoms with Crippen molar-refractivity contribution in [3.05, 3.63) is 43.7 Å². The molecule has 1 aliphatic carbocycles. The fraction of sp³-hybridized carbons (Fsp3) is 0.538. The zero-order valence-electron chi connectivity index (χ0n) is 20.4. The van der Waals surface area contributed by atoms with Crippen LogP contribution in [0, 0.1) is 0 Å². The Kier molecular flexibility index (Phi) is 11.2. The highest BCUT2D eigenvalue weighted by atomic mass is 35.5. The minimum Gasteiger partial charge on any atom is -0.490 e. The van der Waals surface area contributed by atoms with Gasteiger partial charge in [0, 0.05) is 30.2 Å². The number of thiophene rings is 1. The van der Waals surface area contributed by atoms with Crippen molar-refractivity contribution in [3.63, 3.8) is 0 Å². The zero-order chi connectivity index (χ0) is 25.2. The van der Waals surface area contributed by atoms with Gasteiger partial charge < -0.3 is 20.1 Å². The Morgan fingerprint density at radius 3 is 2.46 bits per heavy atom. The van der Waals surface area contributed by atoms with Gasteiger partial charge in [-0.05, 0) is 63.1 Å². The largest absolute Gasteiger partial charge is 0.490 e. The van der Waals surface area contributed by atoms with Gasteiger partial charge in [0.05, 0.1) is 22.2 Å². The van der Waals surface area contributed by atoms with Gasteiger partial charge in [0.15, 0.2) is 5.75 Å². The Bertz CT molecular complexity index is 1000. The Morgan fingerprint density at radius 1 is 1.00 bits per heavy atom. The molecule has 2 amide bonds. The Hall–Kier alpha value is -1.80. The smallest absolute Gasteiger partial charge is 0.256 e. The molecule has 0 radical (unpaired) electrons. The number of benzene rings is 1. The van der Waals surface area contributed by atoms with Crippen LogP contribution in [0.15, 0.2) is 12.1 Å². The normalized spacial score (nSPS) is 12.8. The second kappa shape index (κ2) is 14.1. The van der Waals surface area contributed by atoms with Crippen molar-refractivity contribution >= 4 is 51.4 Å². The van der Waals surface area contributed by atoms with Crippen LogP contribution >= 0.6 is 34.5 Å². The van der Waals surface area contributed by atoms with E-state index in [0.29, 0.717) is 48.2 Å². The highest BCUT2D eigenvalue weighted by Crippen LogP contribution is 2.39. The predicted octanol–water partition coefficient (Wildman–Crippen LogP) is 6.91. The summed E-state index contributed by atoms with van der Waals surface area (Å²) in [6, 6.07) is 3.11. The number of carbonyl (C=O) groups is 2. The lowest BCUT2D eigenvalue weighted by Crippen LogP contribution is -2.27. The Balaban J connectivity index is 1.75. The SMILES string of the molecule is CCCCCOc1c(Cl)cc(C(=O)Nc2sc3c(c2C(=O)NCCCOCC)CCCC3)cc1Cl. The van der Waals surface area contributed by atoms with Crippen molar-refractivity contribution in [1.29, 1.82) is 0 Å². The van der Waals surface area contributed by atoms with Crippen LogP contribution in [0.3, 0.4) is 0 Å². The number of carbonyl (C=O) groups excluding carboxylic acids is 2.